The third-order valence-electron chi connectivity index (χ3n) is 4.50. The molecule has 22 heavy (non-hydrogen) atoms. The van der Waals surface area contributed by atoms with Gasteiger partial charge < -0.3 is 5.11 Å². The molecule has 0 saturated carbocycles. The average Bonchev–Trinajstić information content (AvgIpc) is 2.51. The van der Waals surface area contributed by atoms with Gasteiger partial charge in [-0.2, -0.15) is 0 Å². The summed E-state index contributed by atoms with van der Waals surface area (Å²) in [4.78, 5) is 12.0. The maximum atomic E-state index is 12.0. The fourth-order valence-corrected chi connectivity index (χ4v) is 3.12. The van der Waals surface area contributed by atoms with Gasteiger partial charge in [-0.05, 0) is 44.4 Å². The van der Waals surface area contributed by atoms with E-state index in [4.69, 9.17) is 0 Å². The van der Waals surface area contributed by atoms with Crippen molar-refractivity contribution in [3.05, 3.63) is 11.1 Å². The zero-order chi connectivity index (χ0) is 16.8. The summed E-state index contributed by atoms with van der Waals surface area (Å²) in [5, 5.41) is 9.85. The molecular formula is C20H38O2. The van der Waals surface area contributed by atoms with Gasteiger partial charge in [0, 0.05) is 5.57 Å². The number of hydrogen-bond donors (Lipinski definition) is 1. The molecule has 0 unspecified atom stereocenters. The Morgan fingerprint density at radius 3 is 1.50 bits per heavy atom. The lowest BCUT2D eigenvalue weighted by Gasteiger charge is -2.22. The average molecular weight is 311 g/mol. The number of unbranched alkanes of at least 4 members (excludes halogenated alkanes) is 4. The molecule has 0 amide bonds. The zero-order valence-electron chi connectivity index (χ0n) is 15.4. The Bertz CT molecular complexity index is 300. The molecule has 1 N–H and O–H groups in total. The summed E-state index contributed by atoms with van der Waals surface area (Å²) in [5.41, 5.74) is 2.03. The van der Waals surface area contributed by atoms with Gasteiger partial charge in [0.2, 0.25) is 0 Å². The second-order valence-corrected chi connectivity index (χ2v) is 6.51. The van der Waals surface area contributed by atoms with Crippen LogP contribution in [0.1, 0.15) is 105 Å². The fraction of sp³-hybridized carbons (Fsp3) is 0.850. The predicted octanol–water partition coefficient (Wildman–Crippen LogP) is 6.74. The lowest BCUT2D eigenvalue weighted by Crippen LogP contribution is -2.16. The van der Waals surface area contributed by atoms with Crippen molar-refractivity contribution in [3.63, 3.8) is 0 Å². The van der Waals surface area contributed by atoms with E-state index in [0.29, 0.717) is 0 Å². The van der Waals surface area contributed by atoms with Crippen LogP contribution in [0.15, 0.2) is 11.1 Å². The van der Waals surface area contributed by atoms with E-state index in [1.807, 2.05) is 0 Å². The van der Waals surface area contributed by atoms with Crippen LogP contribution in [-0.2, 0) is 4.79 Å². The zero-order valence-corrected chi connectivity index (χ0v) is 15.4. The van der Waals surface area contributed by atoms with Crippen molar-refractivity contribution in [2.24, 2.45) is 5.92 Å². The first kappa shape index (κ1) is 21.2. The number of carboxylic acids is 1. The Morgan fingerprint density at radius 2 is 1.18 bits per heavy atom. The maximum absolute atomic E-state index is 12.0. The van der Waals surface area contributed by atoms with E-state index in [-0.39, 0.29) is 5.92 Å². The first-order chi connectivity index (χ1) is 10.6. The number of allylic oxidation sites excluding steroid dienone is 1. The quantitative estimate of drug-likeness (QED) is 0.360. The second-order valence-electron chi connectivity index (χ2n) is 6.51. The third-order valence-corrected chi connectivity index (χ3v) is 4.50. The number of hydrogen-bond acceptors (Lipinski definition) is 1. The molecule has 0 aromatic heterocycles. The topological polar surface area (TPSA) is 37.3 Å². The van der Waals surface area contributed by atoms with Crippen molar-refractivity contribution in [2.75, 3.05) is 0 Å². The van der Waals surface area contributed by atoms with E-state index in [1.54, 1.807) is 0 Å². The van der Waals surface area contributed by atoms with Crippen LogP contribution in [0.2, 0.25) is 0 Å². The van der Waals surface area contributed by atoms with Crippen molar-refractivity contribution in [1.82, 2.24) is 0 Å². The largest absolute Gasteiger partial charge is 0.478 e. The van der Waals surface area contributed by atoms with Crippen molar-refractivity contribution in [3.8, 4) is 0 Å². The van der Waals surface area contributed by atoms with Gasteiger partial charge in [0.1, 0.15) is 0 Å². The SMILES string of the molecule is CCCCC(CCCC)=C(C(=O)O)C(CCCC)CCCC. The van der Waals surface area contributed by atoms with E-state index in [1.165, 1.54) is 5.57 Å². The lowest BCUT2D eigenvalue weighted by molar-refractivity contribution is -0.133. The van der Waals surface area contributed by atoms with Crippen LogP contribution in [0.3, 0.4) is 0 Å². The molecule has 0 aromatic carbocycles. The number of aliphatic carboxylic acids is 1. The molecule has 0 saturated heterocycles. The van der Waals surface area contributed by atoms with E-state index in [0.717, 1.165) is 82.6 Å². The highest BCUT2D eigenvalue weighted by Crippen LogP contribution is 2.31. The van der Waals surface area contributed by atoms with E-state index in [2.05, 4.69) is 27.7 Å². The molecule has 0 radical (unpaired) electrons. The molecule has 0 aliphatic heterocycles. The van der Waals surface area contributed by atoms with Crippen molar-refractivity contribution < 1.29 is 9.90 Å². The van der Waals surface area contributed by atoms with Gasteiger partial charge in [0.05, 0.1) is 0 Å². The van der Waals surface area contributed by atoms with Gasteiger partial charge in [-0.1, -0.05) is 71.8 Å². The third kappa shape index (κ3) is 8.60. The number of rotatable bonds is 14. The van der Waals surface area contributed by atoms with Crippen molar-refractivity contribution in [1.29, 1.82) is 0 Å². The highest BCUT2D eigenvalue weighted by molar-refractivity contribution is 5.88. The Labute approximate surface area is 138 Å². The molecule has 0 fully saturated rings. The maximum Gasteiger partial charge on any atom is 0.331 e. The van der Waals surface area contributed by atoms with Crippen molar-refractivity contribution >= 4 is 5.97 Å². The van der Waals surface area contributed by atoms with Gasteiger partial charge in [-0.15, -0.1) is 0 Å². The molecule has 2 nitrogen and oxygen atoms in total. The summed E-state index contributed by atoms with van der Waals surface area (Å²) in [6.45, 7) is 8.75. The normalized spacial score (nSPS) is 11.0. The Morgan fingerprint density at radius 1 is 0.773 bits per heavy atom. The summed E-state index contributed by atoms with van der Waals surface area (Å²) >= 11 is 0. The molecule has 130 valence electrons. The molecule has 0 heterocycles. The predicted molar refractivity (Wildman–Crippen MR) is 96.3 cm³/mol. The fourth-order valence-electron chi connectivity index (χ4n) is 3.12. The van der Waals surface area contributed by atoms with E-state index < -0.39 is 5.97 Å². The van der Waals surface area contributed by atoms with Gasteiger partial charge in [-0.25, -0.2) is 4.79 Å². The van der Waals surface area contributed by atoms with Crippen LogP contribution in [0, 0.1) is 5.92 Å². The summed E-state index contributed by atoms with van der Waals surface area (Å²) in [6.07, 6.45) is 13.1. The summed E-state index contributed by atoms with van der Waals surface area (Å²) < 4.78 is 0. The van der Waals surface area contributed by atoms with Gasteiger partial charge in [0.15, 0.2) is 0 Å². The highest BCUT2D eigenvalue weighted by atomic mass is 16.4. The standard InChI is InChI=1S/C20H38O2/c1-5-9-13-17(14-10-6-2)19(20(21)22)18(15-11-7-3)16-12-8-4/h17H,5-16H2,1-4H3,(H,21,22). The molecule has 0 aliphatic carbocycles. The first-order valence-corrected chi connectivity index (χ1v) is 9.57. The molecule has 0 aliphatic rings. The van der Waals surface area contributed by atoms with Crippen LogP contribution in [0.5, 0.6) is 0 Å². The summed E-state index contributed by atoms with van der Waals surface area (Å²) in [5.74, 6) is -0.388. The van der Waals surface area contributed by atoms with Crippen LogP contribution in [-0.4, -0.2) is 11.1 Å². The molecule has 0 aromatic rings. The Hall–Kier alpha value is -0.790. The molecule has 0 bridgehead atoms. The second kappa shape index (κ2) is 13.8. The van der Waals surface area contributed by atoms with Crippen LogP contribution in [0.4, 0.5) is 0 Å². The number of carbonyl (C=O) groups is 1. The van der Waals surface area contributed by atoms with Crippen LogP contribution < -0.4 is 0 Å². The molecule has 0 rings (SSSR count). The highest BCUT2D eigenvalue weighted by Gasteiger charge is 2.23. The van der Waals surface area contributed by atoms with Crippen molar-refractivity contribution in [2.45, 2.75) is 105 Å². The van der Waals surface area contributed by atoms with Gasteiger partial charge in [-0.3, -0.25) is 0 Å². The molecular weight excluding hydrogens is 272 g/mol. The minimum Gasteiger partial charge on any atom is -0.478 e. The monoisotopic (exact) mass is 310 g/mol. The summed E-state index contributed by atoms with van der Waals surface area (Å²) in [6, 6.07) is 0. The minimum atomic E-state index is -0.653. The Kier molecular flexibility index (Phi) is 13.3. The molecule has 0 atom stereocenters. The van der Waals surface area contributed by atoms with Gasteiger partial charge >= 0.3 is 5.97 Å². The van der Waals surface area contributed by atoms with Crippen LogP contribution >= 0.6 is 0 Å². The molecule has 2 heteroatoms. The smallest absolute Gasteiger partial charge is 0.331 e. The number of carboxylic acid groups (broad SMARTS) is 1. The Balaban J connectivity index is 5.36. The minimum absolute atomic E-state index is 0.265. The van der Waals surface area contributed by atoms with E-state index in [9.17, 15) is 9.90 Å². The van der Waals surface area contributed by atoms with Gasteiger partial charge in [0.25, 0.3) is 0 Å². The lowest BCUT2D eigenvalue weighted by atomic mass is 9.83. The molecule has 0 spiro atoms. The van der Waals surface area contributed by atoms with E-state index >= 15 is 0 Å². The first-order valence-electron chi connectivity index (χ1n) is 9.57. The summed E-state index contributed by atoms with van der Waals surface area (Å²) in [7, 11) is 0. The van der Waals surface area contributed by atoms with Crippen LogP contribution in [0.25, 0.3) is 0 Å².